The summed E-state index contributed by atoms with van der Waals surface area (Å²) in [5.74, 6) is 0.248. The van der Waals surface area contributed by atoms with Gasteiger partial charge in [-0.25, -0.2) is 9.97 Å². The number of anilines is 1. The van der Waals surface area contributed by atoms with Crippen LogP contribution in [-0.4, -0.2) is 47.3 Å². The van der Waals surface area contributed by atoms with Crippen molar-refractivity contribution in [2.45, 2.75) is 18.9 Å². The summed E-state index contributed by atoms with van der Waals surface area (Å²) in [5.41, 5.74) is 0.618. The highest BCUT2D eigenvalue weighted by Gasteiger charge is 2.25. The molecule has 2 amide bonds. The lowest BCUT2D eigenvalue weighted by Crippen LogP contribution is -2.44. The topological polar surface area (TPSA) is 87.2 Å². The van der Waals surface area contributed by atoms with Crippen LogP contribution in [0, 0.1) is 0 Å². The average Bonchev–Trinajstić information content (AvgIpc) is 2.85. The fourth-order valence-corrected chi connectivity index (χ4v) is 3.16. The van der Waals surface area contributed by atoms with Crippen molar-refractivity contribution in [1.29, 1.82) is 0 Å². The van der Waals surface area contributed by atoms with Crippen LogP contribution >= 0.6 is 11.8 Å². The van der Waals surface area contributed by atoms with Gasteiger partial charge in [0.2, 0.25) is 5.95 Å². The normalized spacial score (nSPS) is 23.7. The van der Waals surface area contributed by atoms with Gasteiger partial charge in [-0.15, -0.1) is 0 Å². The fraction of sp³-hybridized carbons (Fsp3) is 0.429. The van der Waals surface area contributed by atoms with E-state index in [-0.39, 0.29) is 11.1 Å². The summed E-state index contributed by atoms with van der Waals surface area (Å²) in [6.45, 7) is 1.97. The number of rotatable bonds is 3. The molecule has 1 atom stereocenters. The number of carbonyl (C=O) groups is 2. The molecule has 2 N–H and O–H groups in total. The summed E-state index contributed by atoms with van der Waals surface area (Å²) >= 11 is 0.888. The molecule has 0 bridgehead atoms. The first-order valence-electron chi connectivity index (χ1n) is 7.15. The van der Waals surface area contributed by atoms with Gasteiger partial charge in [-0.05, 0) is 43.3 Å². The van der Waals surface area contributed by atoms with Gasteiger partial charge >= 0.3 is 0 Å². The van der Waals surface area contributed by atoms with Gasteiger partial charge in [-0.3, -0.25) is 14.9 Å². The van der Waals surface area contributed by atoms with E-state index >= 15 is 0 Å². The highest BCUT2D eigenvalue weighted by molar-refractivity contribution is 8.18. The summed E-state index contributed by atoms with van der Waals surface area (Å²) < 4.78 is 0. The third-order valence-electron chi connectivity index (χ3n) is 3.72. The highest BCUT2D eigenvalue weighted by atomic mass is 32.2. The Morgan fingerprint density at radius 1 is 1.45 bits per heavy atom. The summed E-state index contributed by atoms with van der Waals surface area (Å²) in [6.07, 6.45) is 5.52. The molecule has 0 unspecified atom stereocenters. The molecule has 2 saturated heterocycles. The molecule has 2 aliphatic heterocycles. The SMILES string of the molecule is CN(c1nccc(/C=C2\SC(=O)NC2=O)n1)[C@H]1CCCNC1. The number of hydrogen-bond acceptors (Lipinski definition) is 7. The van der Waals surface area contributed by atoms with Crippen LogP contribution in [0.3, 0.4) is 0 Å². The van der Waals surface area contributed by atoms with Crippen molar-refractivity contribution in [2.24, 2.45) is 0 Å². The van der Waals surface area contributed by atoms with Gasteiger partial charge < -0.3 is 10.2 Å². The van der Waals surface area contributed by atoms with Crippen molar-refractivity contribution >= 4 is 34.9 Å². The predicted molar refractivity (Wildman–Crippen MR) is 85.4 cm³/mol. The maximum Gasteiger partial charge on any atom is 0.290 e. The monoisotopic (exact) mass is 319 g/mol. The zero-order valence-corrected chi connectivity index (χ0v) is 13.0. The Morgan fingerprint density at radius 2 is 2.32 bits per heavy atom. The van der Waals surface area contributed by atoms with Crippen LogP contribution in [-0.2, 0) is 4.79 Å². The fourth-order valence-electron chi connectivity index (χ4n) is 2.49. The van der Waals surface area contributed by atoms with Gasteiger partial charge in [0.15, 0.2) is 0 Å². The number of nitrogens with one attached hydrogen (secondary N) is 2. The van der Waals surface area contributed by atoms with Gasteiger partial charge in [0, 0.05) is 25.8 Å². The Morgan fingerprint density at radius 3 is 3.00 bits per heavy atom. The van der Waals surface area contributed by atoms with E-state index in [1.807, 2.05) is 7.05 Å². The van der Waals surface area contributed by atoms with Crippen molar-refractivity contribution in [3.63, 3.8) is 0 Å². The zero-order chi connectivity index (χ0) is 15.5. The molecule has 0 saturated carbocycles. The first-order chi connectivity index (χ1) is 10.6. The molecule has 8 heteroatoms. The molecule has 116 valence electrons. The first-order valence-corrected chi connectivity index (χ1v) is 7.96. The minimum Gasteiger partial charge on any atom is -0.340 e. The van der Waals surface area contributed by atoms with Gasteiger partial charge in [0.05, 0.1) is 10.6 Å². The van der Waals surface area contributed by atoms with Crippen LogP contribution in [0.25, 0.3) is 6.08 Å². The Balaban J connectivity index is 1.79. The van der Waals surface area contributed by atoms with Crippen molar-refractivity contribution in [2.75, 3.05) is 25.0 Å². The summed E-state index contributed by atoms with van der Waals surface area (Å²) in [4.78, 5) is 33.9. The molecule has 2 aliphatic rings. The molecular weight excluding hydrogens is 302 g/mol. The second-order valence-corrected chi connectivity index (χ2v) is 6.26. The number of piperidine rings is 1. The number of likely N-dealkylation sites (N-methyl/N-ethyl adjacent to an activating group) is 1. The zero-order valence-electron chi connectivity index (χ0n) is 12.2. The van der Waals surface area contributed by atoms with E-state index in [9.17, 15) is 9.59 Å². The van der Waals surface area contributed by atoms with Crippen LogP contribution in [0.1, 0.15) is 18.5 Å². The number of hydrogen-bond donors (Lipinski definition) is 2. The van der Waals surface area contributed by atoms with E-state index in [1.165, 1.54) is 0 Å². The largest absolute Gasteiger partial charge is 0.340 e. The van der Waals surface area contributed by atoms with E-state index in [4.69, 9.17) is 0 Å². The minimum atomic E-state index is -0.375. The van der Waals surface area contributed by atoms with Gasteiger partial charge in [-0.1, -0.05) is 0 Å². The molecule has 0 aliphatic carbocycles. The number of aromatic nitrogens is 2. The van der Waals surface area contributed by atoms with E-state index in [2.05, 4.69) is 25.5 Å². The molecule has 3 rings (SSSR count). The molecule has 2 fully saturated rings. The van der Waals surface area contributed by atoms with Gasteiger partial charge in [-0.2, -0.15) is 0 Å². The standard InChI is InChI=1S/C14H17N5O2S/c1-19(10-3-2-5-15-8-10)13-16-6-4-9(17-13)7-11-12(20)18-14(21)22-11/h4,6-7,10,15H,2-3,5,8H2,1H3,(H,18,20,21)/b11-7-/t10-/m0/s1. The highest BCUT2D eigenvalue weighted by Crippen LogP contribution is 2.25. The second-order valence-electron chi connectivity index (χ2n) is 5.24. The maximum atomic E-state index is 11.6. The Labute approximate surface area is 132 Å². The Bertz CT molecular complexity index is 627. The number of imide groups is 1. The van der Waals surface area contributed by atoms with E-state index in [1.54, 1.807) is 18.3 Å². The minimum absolute atomic E-state index is 0.351. The predicted octanol–water partition coefficient (Wildman–Crippen LogP) is 0.989. The van der Waals surface area contributed by atoms with Crippen LogP contribution in [0.15, 0.2) is 17.2 Å². The third kappa shape index (κ3) is 3.28. The van der Waals surface area contributed by atoms with Crippen LogP contribution in [0.2, 0.25) is 0 Å². The van der Waals surface area contributed by atoms with Crippen LogP contribution < -0.4 is 15.5 Å². The number of thioether (sulfide) groups is 1. The lowest BCUT2D eigenvalue weighted by molar-refractivity contribution is -0.115. The second kappa shape index (κ2) is 6.45. The molecule has 1 aromatic rings. The molecule has 0 radical (unpaired) electrons. The molecule has 3 heterocycles. The van der Waals surface area contributed by atoms with Crippen molar-refractivity contribution < 1.29 is 9.59 Å². The summed E-state index contributed by atoms with van der Waals surface area (Å²) in [6, 6.07) is 2.09. The Hall–Kier alpha value is -1.93. The Kier molecular flexibility index (Phi) is 4.39. The van der Waals surface area contributed by atoms with Gasteiger partial charge in [0.25, 0.3) is 11.1 Å². The van der Waals surface area contributed by atoms with Crippen molar-refractivity contribution in [1.82, 2.24) is 20.6 Å². The van der Waals surface area contributed by atoms with Crippen LogP contribution in [0.4, 0.5) is 10.7 Å². The molecule has 7 nitrogen and oxygen atoms in total. The van der Waals surface area contributed by atoms with Gasteiger partial charge in [0.1, 0.15) is 0 Å². The molecule has 0 aromatic carbocycles. The number of nitrogens with zero attached hydrogens (tertiary/aromatic N) is 3. The lowest BCUT2D eigenvalue weighted by Gasteiger charge is -2.31. The molecule has 0 spiro atoms. The molecular formula is C14H17N5O2S. The quantitative estimate of drug-likeness (QED) is 0.803. The summed E-state index contributed by atoms with van der Waals surface area (Å²) in [7, 11) is 1.98. The van der Waals surface area contributed by atoms with Crippen LogP contribution in [0.5, 0.6) is 0 Å². The van der Waals surface area contributed by atoms with Crippen molar-refractivity contribution in [3.05, 3.63) is 22.9 Å². The summed E-state index contributed by atoms with van der Waals surface area (Å²) in [5, 5.41) is 5.25. The lowest BCUT2D eigenvalue weighted by atomic mass is 10.1. The van der Waals surface area contributed by atoms with E-state index in [0.717, 1.165) is 37.7 Å². The number of amides is 2. The molecule has 22 heavy (non-hydrogen) atoms. The smallest absolute Gasteiger partial charge is 0.290 e. The van der Waals surface area contributed by atoms with Crippen molar-refractivity contribution in [3.8, 4) is 0 Å². The first kappa shape index (κ1) is 15.0. The van der Waals surface area contributed by atoms with E-state index in [0.29, 0.717) is 22.6 Å². The molecule has 1 aromatic heterocycles. The maximum absolute atomic E-state index is 11.6. The third-order valence-corrected chi connectivity index (χ3v) is 4.53. The number of carbonyl (C=O) groups excluding carboxylic acids is 2. The van der Waals surface area contributed by atoms with E-state index < -0.39 is 0 Å². The average molecular weight is 319 g/mol.